The van der Waals surface area contributed by atoms with Gasteiger partial charge in [0.05, 0.1) is 6.54 Å². The van der Waals surface area contributed by atoms with E-state index in [1.54, 1.807) is 18.5 Å². The SMILES string of the molecule is C[C@@H](c1ccccc1)N(Cc1nc(C(=O)NCc2cccnc2)co1)Cc1ccc(F)cc1F. The van der Waals surface area contributed by atoms with E-state index in [2.05, 4.69) is 15.3 Å². The van der Waals surface area contributed by atoms with Gasteiger partial charge in [-0.3, -0.25) is 14.7 Å². The molecule has 0 spiro atoms. The lowest BCUT2D eigenvalue weighted by Gasteiger charge is -2.28. The molecule has 2 aromatic heterocycles. The summed E-state index contributed by atoms with van der Waals surface area (Å²) in [7, 11) is 0. The first-order chi connectivity index (χ1) is 16.5. The Morgan fingerprint density at radius 2 is 1.91 bits per heavy atom. The number of aromatic nitrogens is 2. The molecule has 1 amide bonds. The van der Waals surface area contributed by atoms with Gasteiger partial charge in [0.2, 0.25) is 5.89 Å². The summed E-state index contributed by atoms with van der Waals surface area (Å²) in [5.74, 6) is -1.30. The Labute approximate surface area is 196 Å². The van der Waals surface area contributed by atoms with E-state index in [1.165, 1.54) is 18.4 Å². The van der Waals surface area contributed by atoms with Crippen LogP contribution in [0.5, 0.6) is 0 Å². The Balaban J connectivity index is 1.49. The molecular formula is C26H24F2N4O2. The maximum atomic E-state index is 14.4. The third-order valence-electron chi connectivity index (χ3n) is 5.52. The largest absolute Gasteiger partial charge is 0.447 e. The van der Waals surface area contributed by atoms with E-state index in [4.69, 9.17) is 4.42 Å². The summed E-state index contributed by atoms with van der Waals surface area (Å²) >= 11 is 0. The van der Waals surface area contributed by atoms with E-state index in [9.17, 15) is 13.6 Å². The van der Waals surface area contributed by atoms with Crippen LogP contribution in [-0.4, -0.2) is 20.8 Å². The van der Waals surface area contributed by atoms with Gasteiger partial charge in [-0.25, -0.2) is 13.8 Å². The third kappa shape index (κ3) is 5.90. The second-order valence-corrected chi connectivity index (χ2v) is 7.90. The first kappa shape index (κ1) is 23.3. The normalized spacial score (nSPS) is 12.0. The molecular weight excluding hydrogens is 438 g/mol. The minimum absolute atomic E-state index is 0.125. The minimum atomic E-state index is -0.626. The number of nitrogens with one attached hydrogen (secondary N) is 1. The summed E-state index contributed by atoms with van der Waals surface area (Å²) in [5, 5.41) is 2.78. The zero-order valence-electron chi connectivity index (χ0n) is 18.6. The second kappa shape index (κ2) is 10.8. The highest BCUT2D eigenvalue weighted by molar-refractivity contribution is 5.91. The van der Waals surface area contributed by atoms with Crippen LogP contribution in [0, 0.1) is 11.6 Å². The second-order valence-electron chi connectivity index (χ2n) is 7.90. The molecule has 0 fully saturated rings. The van der Waals surface area contributed by atoms with E-state index < -0.39 is 11.6 Å². The lowest BCUT2D eigenvalue weighted by molar-refractivity contribution is 0.0945. The van der Waals surface area contributed by atoms with E-state index >= 15 is 0 Å². The molecule has 0 radical (unpaired) electrons. The van der Waals surface area contributed by atoms with Gasteiger partial charge in [-0.05, 0) is 30.2 Å². The fraction of sp³-hybridized carbons (Fsp3) is 0.192. The van der Waals surface area contributed by atoms with Crippen LogP contribution in [0.25, 0.3) is 0 Å². The Bertz CT molecular complexity index is 1230. The number of oxazole rings is 1. The summed E-state index contributed by atoms with van der Waals surface area (Å²) in [6.07, 6.45) is 4.64. The van der Waals surface area contributed by atoms with Gasteiger partial charge in [0, 0.05) is 43.2 Å². The van der Waals surface area contributed by atoms with Crippen molar-refractivity contribution in [3.63, 3.8) is 0 Å². The number of carbonyl (C=O) groups excluding carboxylic acids is 1. The Morgan fingerprint density at radius 3 is 2.65 bits per heavy atom. The van der Waals surface area contributed by atoms with Crippen molar-refractivity contribution in [2.75, 3.05) is 0 Å². The van der Waals surface area contributed by atoms with Gasteiger partial charge in [-0.15, -0.1) is 0 Å². The van der Waals surface area contributed by atoms with E-state index in [0.717, 1.165) is 17.2 Å². The maximum absolute atomic E-state index is 14.4. The van der Waals surface area contributed by atoms with Gasteiger partial charge >= 0.3 is 0 Å². The van der Waals surface area contributed by atoms with Crippen LogP contribution in [-0.2, 0) is 19.6 Å². The highest BCUT2D eigenvalue weighted by Crippen LogP contribution is 2.25. The molecule has 0 saturated heterocycles. The topological polar surface area (TPSA) is 71.3 Å². The van der Waals surface area contributed by atoms with Crippen LogP contribution >= 0.6 is 0 Å². The molecule has 0 aliphatic rings. The van der Waals surface area contributed by atoms with E-state index in [0.29, 0.717) is 18.0 Å². The fourth-order valence-corrected chi connectivity index (χ4v) is 3.58. The molecule has 4 aromatic rings. The Hall–Kier alpha value is -3.91. The monoisotopic (exact) mass is 462 g/mol. The number of amides is 1. The van der Waals surface area contributed by atoms with E-state index in [1.807, 2.05) is 48.2 Å². The zero-order valence-corrected chi connectivity index (χ0v) is 18.6. The zero-order chi connectivity index (χ0) is 23.9. The molecule has 8 heteroatoms. The van der Waals surface area contributed by atoms with Gasteiger partial charge in [-0.2, -0.15) is 0 Å². The van der Waals surface area contributed by atoms with Gasteiger partial charge in [0.1, 0.15) is 17.9 Å². The average Bonchev–Trinajstić information content (AvgIpc) is 3.33. The molecule has 2 aromatic carbocycles. The Morgan fingerprint density at radius 1 is 1.09 bits per heavy atom. The molecule has 0 bridgehead atoms. The molecule has 0 aliphatic heterocycles. The number of hydrogen-bond acceptors (Lipinski definition) is 5. The van der Waals surface area contributed by atoms with Gasteiger partial charge < -0.3 is 9.73 Å². The number of rotatable bonds is 9. The van der Waals surface area contributed by atoms with Crippen molar-refractivity contribution in [2.24, 2.45) is 0 Å². The van der Waals surface area contributed by atoms with Crippen LogP contribution < -0.4 is 5.32 Å². The smallest absolute Gasteiger partial charge is 0.273 e. The molecule has 0 unspecified atom stereocenters. The van der Waals surface area contributed by atoms with Crippen LogP contribution in [0.4, 0.5) is 8.78 Å². The predicted octanol–water partition coefficient (Wildman–Crippen LogP) is 5.04. The van der Waals surface area contributed by atoms with Crippen molar-refractivity contribution in [2.45, 2.75) is 32.6 Å². The summed E-state index contributed by atoms with van der Waals surface area (Å²) < 4.78 is 33.3. The first-order valence-electron chi connectivity index (χ1n) is 10.8. The van der Waals surface area contributed by atoms with Crippen molar-refractivity contribution in [3.8, 4) is 0 Å². The molecule has 34 heavy (non-hydrogen) atoms. The van der Waals surface area contributed by atoms with Crippen LogP contribution in [0.3, 0.4) is 0 Å². The van der Waals surface area contributed by atoms with Gasteiger partial charge in [0.15, 0.2) is 5.69 Å². The van der Waals surface area contributed by atoms with Crippen molar-refractivity contribution in [3.05, 3.63) is 119 Å². The van der Waals surface area contributed by atoms with Crippen molar-refractivity contribution < 1.29 is 18.0 Å². The number of hydrogen-bond donors (Lipinski definition) is 1. The number of halogens is 2. The minimum Gasteiger partial charge on any atom is -0.447 e. The summed E-state index contributed by atoms with van der Waals surface area (Å²) in [6, 6.07) is 16.8. The molecule has 4 rings (SSSR count). The van der Waals surface area contributed by atoms with Crippen molar-refractivity contribution in [1.82, 2.24) is 20.2 Å². The highest BCUT2D eigenvalue weighted by atomic mass is 19.1. The van der Waals surface area contributed by atoms with Crippen LogP contribution in [0.2, 0.25) is 0 Å². The molecule has 0 saturated carbocycles. The molecule has 0 aliphatic carbocycles. The first-order valence-corrected chi connectivity index (χ1v) is 10.8. The fourth-order valence-electron chi connectivity index (χ4n) is 3.58. The standard InChI is InChI=1S/C26H24F2N4O2/c1-18(20-7-3-2-4-8-20)32(15-21-9-10-22(27)12-23(21)28)16-25-31-24(17-34-25)26(33)30-14-19-6-5-11-29-13-19/h2-13,17-18H,14-16H2,1H3,(H,30,33)/t18-/m0/s1. The summed E-state index contributed by atoms with van der Waals surface area (Å²) in [4.78, 5) is 22.8. The predicted molar refractivity (Wildman–Crippen MR) is 122 cm³/mol. The molecule has 1 atom stereocenters. The summed E-state index contributed by atoms with van der Waals surface area (Å²) in [5.41, 5.74) is 2.39. The van der Waals surface area contributed by atoms with Crippen LogP contribution in [0.15, 0.2) is 83.7 Å². The average molecular weight is 463 g/mol. The van der Waals surface area contributed by atoms with E-state index in [-0.39, 0.29) is 30.7 Å². The number of benzene rings is 2. The molecule has 174 valence electrons. The molecule has 2 heterocycles. The molecule has 6 nitrogen and oxygen atoms in total. The highest BCUT2D eigenvalue weighted by Gasteiger charge is 2.21. The lowest BCUT2D eigenvalue weighted by Crippen LogP contribution is -2.27. The maximum Gasteiger partial charge on any atom is 0.273 e. The van der Waals surface area contributed by atoms with Gasteiger partial charge in [-0.1, -0.05) is 42.5 Å². The number of pyridine rings is 1. The quantitative estimate of drug-likeness (QED) is 0.377. The Kier molecular flexibility index (Phi) is 7.39. The van der Waals surface area contributed by atoms with Crippen LogP contribution in [0.1, 0.15) is 46.0 Å². The third-order valence-corrected chi connectivity index (χ3v) is 5.52. The van der Waals surface area contributed by atoms with Gasteiger partial charge in [0.25, 0.3) is 5.91 Å². The number of carbonyl (C=O) groups is 1. The van der Waals surface area contributed by atoms with Crippen molar-refractivity contribution >= 4 is 5.91 Å². The molecule has 1 N–H and O–H groups in total. The van der Waals surface area contributed by atoms with Crippen molar-refractivity contribution in [1.29, 1.82) is 0 Å². The lowest BCUT2D eigenvalue weighted by atomic mass is 10.1. The summed E-state index contributed by atoms with van der Waals surface area (Å²) in [6.45, 7) is 2.73. The number of nitrogens with zero attached hydrogens (tertiary/aromatic N) is 3.